The molecule has 1 heterocycles. The van der Waals surface area contributed by atoms with E-state index in [2.05, 4.69) is 42.1 Å². The number of hydrogen-bond donors (Lipinski definition) is 1. The van der Waals surface area contributed by atoms with Gasteiger partial charge in [0.25, 0.3) is 11.8 Å². The van der Waals surface area contributed by atoms with Crippen LogP contribution < -0.4 is 23.7 Å². The van der Waals surface area contributed by atoms with Crippen LogP contribution >= 0.6 is 19.5 Å². The fourth-order valence-corrected chi connectivity index (χ4v) is 7.94. The number of nitrogens with one attached hydrogen (secondary N) is 1. The largest absolute Gasteiger partial charge is 0.359 e. The topological polar surface area (TPSA) is 148 Å². The minimum absolute atomic E-state index is 0.133. The molecule has 176 valence electrons. The van der Waals surface area contributed by atoms with E-state index < -0.39 is 18.1 Å². The number of benzene rings is 1. The molecule has 0 unspecified atom stereocenters. The average molecular weight is 499 g/mol. The Morgan fingerprint density at radius 3 is 1.74 bits per heavy atom. The van der Waals surface area contributed by atoms with Gasteiger partial charge in [-0.3, -0.25) is 9.59 Å². The second-order valence-electron chi connectivity index (χ2n) is 6.33. The van der Waals surface area contributed by atoms with Crippen molar-refractivity contribution in [2.45, 2.75) is 27.7 Å². The van der Waals surface area contributed by atoms with Gasteiger partial charge >= 0.3 is 7.87 Å². The number of nitrogens with zero attached hydrogens (tertiary/aromatic N) is 3. The highest BCUT2D eigenvalue weighted by molar-refractivity contribution is 7.68. The van der Waals surface area contributed by atoms with E-state index in [4.69, 9.17) is 30.2 Å². The maximum Gasteiger partial charge on any atom is 0.359 e. The van der Waals surface area contributed by atoms with Gasteiger partial charge in [0.2, 0.25) is 0 Å². The summed E-state index contributed by atoms with van der Waals surface area (Å²) in [5.41, 5.74) is 0.870. The normalized spacial score (nSPS) is 15.9. The minimum Gasteiger partial charge on any atom is -0.266 e. The lowest BCUT2D eigenvalue weighted by molar-refractivity contribution is -2.00. The molecule has 2 rings (SSSR count). The molecule has 31 heavy (non-hydrogen) atoms. The first kappa shape index (κ1) is 28.0. The highest BCUT2D eigenvalue weighted by Crippen LogP contribution is 2.65. The third-order valence-electron chi connectivity index (χ3n) is 4.77. The Morgan fingerprint density at radius 2 is 1.35 bits per heavy atom. The van der Waals surface area contributed by atoms with Gasteiger partial charge in [-0.1, -0.05) is 12.1 Å². The Labute approximate surface area is 190 Å². The molecule has 0 saturated carbocycles. The van der Waals surface area contributed by atoms with E-state index in [-0.39, 0.29) is 11.8 Å². The summed E-state index contributed by atoms with van der Waals surface area (Å²) in [5, 5.41) is 3.29. The second-order valence-corrected chi connectivity index (χ2v) is 10.4. The van der Waals surface area contributed by atoms with E-state index in [1.165, 1.54) is 0 Å². The summed E-state index contributed by atoms with van der Waals surface area (Å²) in [5.74, 6) is -0.0153. The third-order valence-corrected chi connectivity index (χ3v) is 9.21. The molecule has 1 aromatic carbocycles. The molecule has 2 amide bonds. The van der Waals surface area contributed by atoms with Gasteiger partial charge in [-0.25, -0.2) is 18.6 Å². The third kappa shape index (κ3) is 6.71. The molecule has 0 fully saturated rings. The SMILES string of the molecule is CCN(CC)[P+]1(N(CC)CC)NC(=O)c2ccccc2C(=O)N1CCCl.[O-][Cl+3]([O-])([O-])[O-]. The lowest BCUT2D eigenvalue weighted by Crippen LogP contribution is -2.68. The van der Waals surface area contributed by atoms with E-state index in [1.54, 1.807) is 24.3 Å². The first-order valence-electron chi connectivity index (χ1n) is 9.83. The minimum atomic E-state index is -4.94. The second kappa shape index (κ2) is 12.2. The first-order chi connectivity index (χ1) is 14.5. The Bertz CT molecular complexity index is 726. The quantitative estimate of drug-likeness (QED) is 0.344. The van der Waals surface area contributed by atoms with Crippen molar-refractivity contribution in [1.29, 1.82) is 0 Å². The van der Waals surface area contributed by atoms with Crippen molar-refractivity contribution in [3.8, 4) is 0 Å². The van der Waals surface area contributed by atoms with Crippen molar-refractivity contribution < 1.29 is 38.5 Å². The number of rotatable bonds is 8. The van der Waals surface area contributed by atoms with Gasteiger partial charge in [-0.05, 0) is 39.8 Å². The zero-order valence-electron chi connectivity index (χ0n) is 18.0. The fraction of sp³-hybridized carbons (Fsp3) is 0.556. The van der Waals surface area contributed by atoms with Gasteiger partial charge in [0, 0.05) is 32.1 Å². The summed E-state index contributed by atoms with van der Waals surface area (Å²) in [6.07, 6.45) is 0. The molecule has 0 saturated heterocycles. The zero-order chi connectivity index (χ0) is 23.8. The standard InChI is InChI=1S/C18H28ClN4O2P.ClHO4/c1-5-21(6-2)26(22(7-3)8-4)20-17(24)15-11-9-10-12-16(15)18(25)23(26)14-13-19;2-1(3,4)5/h9-12H,5-8,13-14H2,1-4H3;(H,2,3,4,5). The van der Waals surface area contributed by atoms with E-state index in [9.17, 15) is 9.59 Å². The lowest BCUT2D eigenvalue weighted by Gasteiger charge is -2.44. The van der Waals surface area contributed by atoms with Crippen LogP contribution in [0.1, 0.15) is 48.4 Å². The molecule has 1 aliphatic heterocycles. The van der Waals surface area contributed by atoms with Gasteiger partial charge in [-0.15, -0.1) is 31.2 Å². The predicted molar refractivity (Wildman–Crippen MR) is 108 cm³/mol. The molecule has 0 spiro atoms. The van der Waals surface area contributed by atoms with Crippen LogP contribution in [-0.2, 0) is 0 Å². The van der Waals surface area contributed by atoms with Crippen LogP contribution in [0.25, 0.3) is 0 Å². The van der Waals surface area contributed by atoms with Crippen LogP contribution in [0.4, 0.5) is 0 Å². The van der Waals surface area contributed by atoms with Crippen LogP contribution in [0.3, 0.4) is 0 Å². The molecule has 0 bridgehead atoms. The van der Waals surface area contributed by atoms with E-state index in [0.29, 0.717) is 23.6 Å². The summed E-state index contributed by atoms with van der Waals surface area (Å²) in [6, 6.07) is 7.02. The average Bonchev–Trinajstić information content (AvgIpc) is 2.79. The van der Waals surface area contributed by atoms with Crippen LogP contribution in [0.15, 0.2) is 24.3 Å². The molecule has 0 aromatic heterocycles. The van der Waals surface area contributed by atoms with Gasteiger partial charge < -0.3 is 0 Å². The fourth-order valence-electron chi connectivity index (χ4n) is 3.57. The van der Waals surface area contributed by atoms with E-state index >= 15 is 0 Å². The van der Waals surface area contributed by atoms with Gasteiger partial charge in [0.1, 0.15) is 0 Å². The number of hydrogen-bond acceptors (Lipinski definition) is 8. The van der Waals surface area contributed by atoms with Gasteiger partial charge in [-0.2, -0.15) is 9.76 Å². The van der Waals surface area contributed by atoms with Crippen molar-refractivity contribution in [1.82, 2.24) is 19.1 Å². The van der Waals surface area contributed by atoms with Crippen molar-refractivity contribution >= 4 is 31.3 Å². The molecule has 13 heteroatoms. The molecule has 1 aromatic rings. The predicted octanol–water partition coefficient (Wildman–Crippen LogP) is -1.28. The van der Waals surface area contributed by atoms with Crippen molar-refractivity contribution in [2.24, 2.45) is 0 Å². The van der Waals surface area contributed by atoms with Gasteiger partial charge in [0.15, 0.2) is 0 Å². The summed E-state index contributed by atoms with van der Waals surface area (Å²) < 4.78 is 40.2. The maximum atomic E-state index is 13.5. The van der Waals surface area contributed by atoms with Gasteiger partial charge in [0.05, 0.1) is 17.7 Å². The Kier molecular flexibility index (Phi) is 11.0. The summed E-state index contributed by atoms with van der Waals surface area (Å²) in [7, 11) is -7.55. The molecular weight excluding hydrogens is 470 g/mol. The number of amides is 2. The van der Waals surface area contributed by atoms with E-state index in [1.807, 2.05) is 4.67 Å². The number of carbonyl (C=O) groups excluding carboxylic acids is 2. The van der Waals surface area contributed by atoms with E-state index in [0.717, 1.165) is 26.2 Å². The highest BCUT2D eigenvalue weighted by atomic mass is 35.7. The summed E-state index contributed by atoms with van der Waals surface area (Å²) in [4.78, 5) is 26.7. The first-order valence-corrected chi connectivity index (χ1v) is 13.2. The molecule has 1 N–H and O–H groups in total. The molecule has 0 atom stereocenters. The number of fused-ring (bicyclic) bond motifs is 1. The number of carbonyl (C=O) groups is 2. The van der Waals surface area contributed by atoms with Crippen molar-refractivity contribution in [3.05, 3.63) is 35.4 Å². The van der Waals surface area contributed by atoms with Crippen LogP contribution in [0.5, 0.6) is 0 Å². The van der Waals surface area contributed by atoms with Crippen LogP contribution in [-0.4, -0.2) is 64.4 Å². The maximum absolute atomic E-state index is 13.5. The Morgan fingerprint density at radius 1 is 0.935 bits per heavy atom. The van der Waals surface area contributed by atoms with Crippen LogP contribution in [0.2, 0.25) is 0 Å². The smallest absolute Gasteiger partial charge is 0.266 e. The Balaban J connectivity index is 0.000000861. The molecular formula is C18H29Cl2N4O6P. The summed E-state index contributed by atoms with van der Waals surface area (Å²) in [6.45, 7) is 11.5. The van der Waals surface area contributed by atoms with Crippen LogP contribution in [0, 0.1) is 10.2 Å². The Hall–Kier alpha value is -1.07. The zero-order valence-corrected chi connectivity index (χ0v) is 20.5. The monoisotopic (exact) mass is 498 g/mol. The highest BCUT2D eigenvalue weighted by Gasteiger charge is 2.60. The summed E-state index contributed by atoms with van der Waals surface area (Å²) >= 11 is 6.10. The molecule has 0 aliphatic carbocycles. The number of alkyl halides is 1. The molecule has 1 aliphatic rings. The molecule has 0 radical (unpaired) electrons. The lowest BCUT2D eigenvalue weighted by atomic mass is 10.1. The van der Waals surface area contributed by atoms with Crippen molar-refractivity contribution in [2.75, 3.05) is 38.6 Å². The molecule has 10 nitrogen and oxygen atoms in total. The van der Waals surface area contributed by atoms with Crippen molar-refractivity contribution in [3.63, 3.8) is 0 Å². The number of halogens is 2.